The summed E-state index contributed by atoms with van der Waals surface area (Å²) in [6.45, 7) is 4.43. The lowest BCUT2D eigenvalue weighted by molar-refractivity contribution is 0.128. The SMILES string of the molecule is CC(COCCNS(=O)(=O)CCCNCCc1ccc(O)c2[nH]c(=O)sc12)c1ccccc1. The Bertz CT molecular complexity index is 1180. The van der Waals surface area contributed by atoms with Gasteiger partial charge in [-0.1, -0.05) is 54.7 Å². The Labute approximate surface area is 198 Å². The first kappa shape index (κ1) is 25.4. The maximum atomic E-state index is 12.1. The average molecular weight is 494 g/mol. The third kappa shape index (κ3) is 7.94. The van der Waals surface area contributed by atoms with Crippen LogP contribution in [0.1, 0.15) is 30.4 Å². The van der Waals surface area contributed by atoms with Crippen LogP contribution in [0.4, 0.5) is 0 Å². The molecule has 0 aliphatic carbocycles. The lowest BCUT2D eigenvalue weighted by atomic mass is 10.0. The normalized spacial score (nSPS) is 12.9. The summed E-state index contributed by atoms with van der Waals surface area (Å²) in [4.78, 5) is 14.0. The van der Waals surface area contributed by atoms with Crippen molar-refractivity contribution in [3.05, 3.63) is 63.3 Å². The molecule has 4 N–H and O–H groups in total. The van der Waals surface area contributed by atoms with Gasteiger partial charge in [0.15, 0.2) is 0 Å². The van der Waals surface area contributed by atoms with Gasteiger partial charge < -0.3 is 20.1 Å². The van der Waals surface area contributed by atoms with Crippen LogP contribution in [0.15, 0.2) is 47.3 Å². The number of ether oxygens (including phenoxy) is 1. The van der Waals surface area contributed by atoms with Crippen LogP contribution in [-0.4, -0.2) is 57.1 Å². The molecule has 0 aliphatic rings. The summed E-state index contributed by atoms with van der Waals surface area (Å²) in [7, 11) is -3.34. The van der Waals surface area contributed by atoms with Gasteiger partial charge in [-0.25, -0.2) is 13.1 Å². The first-order valence-corrected chi connectivity index (χ1v) is 13.5. The second kappa shape index (κ2) is 12.3. The summed E-state index contributed by atoms with van der Waals surface area (Å²) >= 11 is 1.08. The van der Waals surface area contributed by atoms with Crippen molar-refractivity contribution in [2.45, 2.75) is 25.7 Å². The molecule has 3 aromatic rings. The summed E-state index contributed by atoms with van der Waals surface area (Å²) in [6, 6.07) is 13.4. The number of benzene rings is 2. The van der Waals surface area contributed by atoms with Crippen molar-refractivity contribution in [1.82, 2.24) is 15.0 Å². The van der Waals surface area contributed by atoms with Crippen LogP contribution in [-0.2, 0) is 21.2 Å². The van der Waals surface area contributed by atoms with Crippen molar-refractivity contribution < 1.29 is 18.3 Å². The third-order valence-corrected chi connectivity index (χ3v) is 7.71. The molecule has 3 rings (SSSR count). The minimum atomic E-state index is -3.34. The zero-order valence-corrected chi connectivity index (χ0v) is 20.3. The molecule has 0 aliphatic heterocycles. The molecule has 1 aromatic heterocycles. The molecule has 180 valence electrons. The van der Waals surface area contributed by atoms with Gasteiger partial charge in [0.1, 0.15) is 11.3 Å². The topological polar surface area (TPSA) is 121 Å². The Balaban J connectivity index is 1.27. The van der Waals surface area contributed by atoms with Gasteiger partial charge in [0.2, 0.25) is 10.0 Å². The van der Waals surface area contributed by atoms with Crippen LogP contribution in [0.3, 0.4) is 0 Å². The molecule has 0 bridgehead atoms. The summed E-state index contributed by atoms with van der Waals surface area (Å²) in [5.41, 5.74) is 2.64. The van der Waals surface area contributed by atoms with Crippen LogP contribution in [0, 0.1) is 0 Å². The third-order valence-electron chi connectivity index (χ3n) is 5.28. The average Bonchev–Trinajstić information content (AvgIpc) is 3.20. The van der Waals surface area contributed by atoms with Crippen LogP contribution >= 0.6 is 11.3 Å². The van der Waals surface area contributed by atoms with Gasteiger partial charge >= 0.3 is 4.87 Å². The predicted octanol–water partition coefficient (Wildman–Crippen LogP) is 2.56. The molecular weight excluding hydrogens is 462 g/mol. The van der Waals surface area contributed by atoms with Gasteiger partial charge in [0.05, 0.1) is 23.7 Å². The van der Waals surface area contributed by atoms with Crippen molar-refractivity contribution in [1.29, 1.82) is 0 Å². The van der Waals surface area contributed by atoms with E-state index in [1.807, 2.05) is 18.2 Å². The number of fused-ring (bicyclic) bond motifs is 1. The number of aromatic nitrogens is 1. The fraction of sp³-hybridized carbons (Fsp3) is 0.435. The highest BCUT2D eigenvalue weighted by molar-refractivity contribution is 7.89. The molecule has 33 heavy (non-hydrogen) atoms. The van der Waals surface area contributed by atoms with E-state index in [-0.39, 0.29) is 28.8 Å². The number of thiazole rings is 1. The van der Waals surface area contributed by atoms with Gasteiger partial charge in [-0.05, 0) is 43.1 Å². The van der Waals surface area contributed by atoms with E-state index in [0.717, 1.165) is 21.6 Å². The lowest BCUT2D eigenvalue weighted by Gasteiger charge is -2.13. The number of hydrogen-bond acceptors (Lipinski definition) is 7. The van der Waals surface area contributed by atoms with Crippen molar-refractivity contribution >= 4 is 31.6 Å². The number of aromatic hydroxyl groups is 1. The molecule has 0 radical (unpaired) electrons. The van der Waals surface area contributed by atoms with Crippen molar-refractivity contribution in [2.75, 3.05) is 38.6 Å². The largest absolute Gasteiger partial charge is 0.506 e. The number of H-pyrrole nitrogens is 1. The van der Waals surface area contributed by atoms with Gasteiger partial charge in [0, 0.05) is 12.5 Å². The molecular formula is C23H31N3O5S2. The quantitative estimate of drug-likeness (QED) is 0.256. The van der Waals surface area contributed by atoms with Gasteiger partial charge in [-0.15, -0.1) is 0 Å². The highest BCUT2D eigenvalue weighted by Gasteiger charge is 2.11. The van der Waals surface area contributed by atoms with E-state index < -0.39 is 10.0 Å². The second-order valence-electron chi connectivity index (χ2n) is 7.92. The van der Waals surface area contributed by atoms with E-state index in [0.29, 0.717) is 44.7 Å². The number of aromatic amines is 1. The Morgan fingerprint density at radius 3 is 2.70 bits per heavy atom. The molecule has 1 unspecified atom stereocenters. The van der Waals surface area contributed by atoms with E-state index >= 15 is 0 Å². The minimum absolute atomic E-state index is 0.0449. The first-order valence-electron chi connectivity index (χ1n) is 11.0. The smallest absolute Gasteiger partial charge is 0.305 e. The van der Waals surface area contributed by atoms with E-state index in [1.54, 1.807) is 12.1 Å². The van der Waals surface area contributed by atoms with Gasteiger partial charge in [0.25, 0.3) is 0 Å². The molecule has 8 nitrogen and oxygen atoms in total. The van der Waals surface area contributed by atoms with Crippen LogP contribution in [0.25, 0.3) is 10.2 Å². The monoisotopic (exact) mass is 493 g/mol. The maximum absolute atomic E-state index is 12.1. The molecule has 0 fully saturated rings. The van der Waals surface area contributed by atoms with E-state index in [4.69, 9.17) is 4.74 Å². The van der Waals surface area contributed by atoms with E-state index in [9.17, 15) is 18.3 Å². The van der Waals surface area contributed by atoms with E-state index in [1.165, 1.54) is 5.56 Å². The number of rotatable bonds is 14. The highest BCUT2D eigenvalue weighted by Crippen LogP contribution is 2.27. The maximum Gasteiger partial charge on any atom is 0.305 e. The number of phenolic OH excluding ortho intramolecular Hbond substituents is 1. The molecule has 1 atom stereocenters. The zero-order chi connectivity index (χ0) is 23.7. The second-order valence-corrected chi connectivity index (χ2v) is 10.8. The number of phenols is 1. The molecule has 0 saturated heterocycles. The summed E-state index contributed by atoms with van der Waals surface area (Å²) < 4.78 is 33.2. The predicted molar refractivity (Wildman–Crippen MR) is 133 cm³/mol. The fourth-order valence-electron chi connectivity index (χ4n) is 3.48. The van der Waals surface area contributed by atoms with Crippen LogP contribution < -0.4 is 14.9 Å². The Kier molecular flexibility index (Phi) is 9.45. The Hall–Kier alpha value is -2.24. The fourth-order valence-corrected chi connectivity index (χ4v) is 5.45. The molecule has 0 saturated carbocycles. The van der Waals surface area contributed by atoms with E-state index in [2.05, 4.69) is 34.1 Å². The highest BCUT2D eigenvalue weighted by atomic mass is 32.2. The molecule has 10 heteroatoms. The molecule has 0 spiro atoms. The molecule has 1 heterocycles. The minimum Gasteiger partial charge on any atom is -0.506 e. The van der Waals surface area contributed by atoms with Crippen LogP contribution in [0.5, 0.6) is 5.75 Å². The van der Waals surface area contributed by atoms with Crippen molar-refractivity contribution in [3.63, 3.8) is 0 Å². The van der Waals surface area contributed by atoms with Crippen molar-refractivity contribution in [2.24, 2.45) is 0 Å². The molecule has 0 amide bonds. The number of nitrogens with one attached hydrogen (secondary N) is 3. The lowest BCUT2D eigenvalue weighted by Crippen LogP contribution is -2.31. The summed E-state index contributed by atoms with van der Waals surface area (Å²) in [5, 5.41) is 13.1. The molecule has 2 aromatic carbocycles. The van der Waals surface area contributed by atoms with Crippen molar-refractivity contribution in [3.8, 4) is 5.75 Å². The van der Waals surface area contributed by atoms with Gasteiger partial charge in [-0.3, -0.25) is 4.79 Å². The number of hydrogen-bond donors (Lipinski definition) is 4. The zero-order valence-electron chi connectivity index (χ0n) is 18.7. The van der Waals surface area contributed by atoms with Crippen LogP contribution in [0.2, 0.25) is 0 Å². The standard InChI is InChI=1S/C23H31N3O5S2/c1-17(18-6-3-2-4-7-18)16-31-14-13-25-33(29,30)15-5-11-24-12-10-19-8-9-20(27)21-22(19)32-23(28)26-21/h2-4,6-9,17,24-25,27H,5,10-16H2,1H3,(H,26,28). The summed E-state index contributed by atoms with van der Waals surface area (Å²) in [6.07, 6.45) is 1.16. The Morgan fingerprint density at radius 1 is 1.12 bits per heavy atom. The first-order chi connectivity index (χ1) is 15.9. The summed E-state index contributed by atoms with van der Waals surface area (Å²) in [5.74, 6) is 0.365. The number of sulfonamides is 1. The Morgan fingerprint density at radius 2 is 1.91 bits per heavy atom. The van der Waals surface area contributed by atoms with Gasteiger partial charge in [-0.2, -0.15) is 0 Å².